The Morgan fingerprint density at radius 1 is 1.05 bits per heavy atom. The SMILES string of the molecule is CCCn1c(=O)c2ccccc2n(CCN(C)C)c1=O. The van der Waals surface area contributed by atoms with Crippen molar-refractivity contribution in [2.75, 3.05) is 20.6 Å². The highest BCUT2D eigenvalue weighted by atomic mass is 16.2. The fourth-order valence-corrected chi connectivity index (χ4v) is 2.31. The summed E-state index contributed by atoms with van der Waals surface area (Å²) in [7, 11) is 3.94. The number of hydrogen-bond acceptors (Lipinski definition) is 3. The van der Waals surface area contributed by atoms with E-state index in [0.717, 1.165) is 18.5 Å². The number of aromatic nitrogens is 2. The highest BCUT2D eigenvalue weighted by Gasteiger charge is 2.11. The molecule has 108 valence electrons. The van der Waals surface area contributed by atoms with E-state index in [4.69, 9.17) is 0 Å². The largest absolute Gasteiger partial charge is 0.331 e. The highest BCUT2D eigenvalue weighted by Crippen LogP contribution is 2.07. The quantitative estimate of drug-likeness (QED) is 0.822. The summed E-state index contributed by atoms with van der Waals surface area (Å²) >= 11 is 0. The van der Waals surface area contributed by atoms with Gasteiger partial charge in [-0.2, -0.15) is 0 Å². The monoisotopic (exact) mass is 275 g/mol. The third-order valence-corrected chi connectivity index (χ3v) is 3.35. The zero-order valence-electron chi connectivity index (χ0n) is 12.3. The molecule has 0 bridgehead atoms. The standard InChI is InChI=1S/C15H21N3O2/c1-4-9-18-14(19)12-7-5-6-8-13(12)17(15(18)20)11-10-16(2)3/h5-8H,4,9-11H2,1-3H3. The maximum absolute atomic E-state index is 12.5. The molecular formula is C15H21N3O2. The summed E-state index contributed by atoms with van der Waals surface area (Å²) in [5, 5.41) is 0.610. The van der Waals surface area contributed by atoms with Crippen LogP contribution in [0.3, 0.4) is 0 Å². The molecule has 0 fully saturated rings. The van der Waals surface area contributed by atoms with E-state index in [0.29, 0.717) is 18.5 Å². The first kappa shape index (κ1) is 14.5. The molecule has 0 spiro atoms. The van der Waals surface area contributed by atoms with Gasteiger partial charge in [0.1, 0.15) is 0 Å². The molecular weight excluding hydrogens is 254 g/mol. The van der Waals surface area contributed by atoms with Crippen molar-refractivity contribution in [2.45, 2.75) is 26.4 Å². The van der Waals surface area contributed by atoms with Crippen molar-refractivity contribution in [3.8, 4) is 0 Å². The molecule has 0 saturated carbocycles. The number of hydrogen-bond donors (Lipinski definition) is 0. The lowest BCUT2D eigenvalue weighted by molar-refractivity contribution is 0.379. The van der Waals surface area contributed by atoms with Crippen LogP contribution >= 0.6 is 0 Å². The molecule has 0 unspecified atom stereocenters. The average molecular weight is 275 g/mol. The molecule has 1 aromatic heterocycles. The number of fused-ring (bicyclic) bond motifs is 1. The van der Waals surface area contributed by atoms with Crippen molar-refractivity contribution in [2.24, 2.45) is 0 Å². The average Bonchev–Trinajstić information content (AvgIpc) is 2.43. The van der Waals surface area contributed by atoms with Crippen molar-refractivity contribution in [3.05, 3.63) is 45.1 Å². The summed E-state index contributed by atoms with van der Waals surface area (Å²) in [5.41, 5.74) is 0.322. The molecule has 0 aliphatic heterocycles. The Balaban J connectivity index is 2.70. The van der Waals surface area contributed by atoms with Crippen molar-refractivity contribution in [3.63, 3.8) is 0 Å². The van der Waals surface area contributed by atoms with Crippen molar-refractivity contribution in [1.29, 1.82) is 0 Å². The van der Waals surface area contributed by atoms with E-state index >= 15 is 0 Å². The summed E-state index contributed by atoms with van der Waals surface area (Å²) in [6, 6.07) is 7.32. The van der Waals surface area contributed by atoms with Crippen molar-refractivity contribution >= 4 is 10.9 Å². The summed E-state index contributed by atoms with van der Waals surface area (Å²) in [6.07, 6.45) is 0.765. The lowest BCUT2D eigenvalue weighted by Crippen LogP contribution is -2.41. The topological polar surface area (TPSA) is 47.2 Å². The number of para-hydroxylation sites is 1. The van der Waals surface area contributed by atoms with Gasteiger partial charge in [-0.25, -0.2) is 4.79 Å². The molecule has 5 heteroatoms. The van der Waals surface area contributed by atoms with Gasteiger partial charge in [-0.05, 0) is 32.6 Å². The van der Waals surface area contributed by atoms with Crippen LogP contribution in [0, 0.1) is 0 Å². The van der Waals surface area contributed by atoms with Crippen LogP contribution < -0.4 is 11.2 Å². The van der Waals surface area contributed by atoms with Gasteiger partial charge in [-0.15, -0.1) is 0 Å². The van der Waals surface area contributed by atoms with Crippen LogP contribution in [0.4, 0.5) is 0 Å². The smallest absolute Gasteiger partial charge is 0.308 e. The van der Waals surface area contributed by atoms with E-state index in [1.54, 1.807) is 10.6 Å². The van der Waals surface area contributed by atoms with Crippen LogP contribution in [0.15, 0.2) is 33.9 Å². The molecule has 2 rings (SSSR count). The Morgan fingerprint density at radius 3 is 2.40 bits per heavy atom. The first-order chi connectivity index (χ1) is 9.56. The van der Waals surface area contributed by atoms with Gasteiger partial charge in [0.25, 0.3) is 5.56 Å². The van der Waals surface area contributed by atoms with E-state index in [1.165, 1.54) is 4.57 Å². The normalized spacial score (nSPS) is 11.4. The summed E-state index contributed by atoms with van der Waals surface area (Å²) < 4.78 is 3.05. The molecule has 5 nitrogen and oxygen atoms in total. The van der Waals surface area contributed by atoms with E-state index in [-0.39, 0.29) is 11.2 Å². The van der Waals surface area contributed by atoms with Crippen LogP contribution in [0.25, 0.3) is 10.9 Å². The predicted molar refractivity (Wildman–Crippen MR) is 81.3 cm³/mol. The fraction of sp³-hybridized carbons (Fsp3) is 0.467. The third-order valence-electron chi connectivity index (χ3n) is 3.35. The second kappa shape index (κ2) is 6.05. The maximum Gasteiger partial charge on any atom is 0.331 e. The van der Waals surface area contributed by atoms with Crippen LogP contribution in [-0.2, 0) is 13.1 Å². The van der Waals surface area contributed by atoms with Gasteiger partial charge in [0.2, 0.25) is 0 Å². The lowest BCUT2D eigenvalue weighted by Gasteiger charge is -2.15. The molecule has 2 aromatic rings. The van der Waals surface area contributed by atoms with Crippen molar-refractivity contribution in [1.82, 2.24) is 14.0 Å². The number of likely N-dealkylation sites (N-methyl/N-ethyl adjacent to an activating group) is 1. The number of nitrogens with zero attached hydrogens (tertiary/aromatic N) is 3. The van der Waals surface area contributed by atoms with Crippen LogP contribution in [0.1, 0.15) is 13.3 Å². The van der Waals surface area contributed by atoms with Gasteiger partial charge in [0.15, 0.2) is 0 Å². The van der Waals surface area contributed by atoms with E-state index in [9.17, 15) is 9.59 Å². The second-order valence-corrected chi connectivity index (χ2v) is 5.21. The molecule has 0 atom stereocenters. The molecule has 0 saturated heterocycles. The molecule has 0 N–H and O–H groups in total. The lowest BCUT2D eigenvalue weighted by atomic mass is 10.2. The summed E-state index contributed by atoms with van der Waals surface area (Å²) in [4.78, 5) is 26.9. The zero-order valence-corrected chi connectivity index (χ0v) is 12.3. The summed E-state index contributed by atoms with van der Waals surface area (Å²) in [6.45, 7) is 3.76. The Morgan fingerprint density at radius 2 is 1.75 bits per heavy atom. The maximum atomic E-state index is 12.5. The van der Waals surface area contributed by atoms with E-state index < -0.39 is 0 Å². The van der Waals surface area contributed by atoms with Crippen LogP contribution in [0.2, 0.25) is 0 Å². The first-order valence-electron chi connectivity index (χ1n) is 6.93. The minimum atomic E-state index is -0.211. The van der Waals surface area contributed by atoms with Gasteiger partial charge < -0.3 is 4.90 Å². The molecule has 0 aliphatic carbocycles. The van der Waals surface area contributed by atoms with Crippen LogP contribution in [0.5, 0.6) is 0 Å². The van der Waals surface area contributed by atoms with Gasteiger partial charge >= 0.3 is 5.69 Å². The van der Waals surface area contributed by atoms with Gasteiger partial charge in [0, 0.05) is 19.6 Å². The third kappa shape index (κ3) is 2.67. The zero-order chi connectivity index (χ0) is 14.7. The molecule has 0 aliphatic rings. The van der Waals surface area contributed by atoms with E-state index in [1.807, 2.05) is 44.1 Å². The molecule has 0 radical (unpaired) electrons. The minimum Gasteiger partial charge on any atom is -0.308 e. The van der Waals surface area contributed by atoms with Gasteiger partial charge in [0.05, 0.1) is 10.9 Å². The number of rotatable bonds is 5. The predicted octanol–water partition coefficient (Wildman–Crippen LogP) is 1.13. The van der Waals surface area contributed by atoms with Gasteiger partial charge in [-0.1, -0.05) is 19.1 Å². The molecule has 20 heavy (non-hydrogen) atoms. The minimum absolute atomic E-state index is 0.187. The Hall–Kier alpha value is -1.88. The highest BCUT2D eigenvalue weighted by molar-refractivity contribution is 5.77. The fourth-order valence-electron chi connectivity index (χ4n) is 2.31. The van der Waals surface area contributed by atoms with Crippen molar-refractivity contribution < 1.29 is 0 Å². The van der Waals surface area contributed by atoms with E-state index in [2.05, 4.69) is 0 Å². The molecule has 1 heterocycles. The molecule has 1 aromatic carbocycles. The van der Waals surface area contributed by atoms with Crippen LogP contribution in [-0.4, -0.2) is 34.7 Å². The Kier molecular flexibility index (Phi) is 4.39. The number of benzene rings is 1. The summed E-state index contributed by atoms with van der Waals surface area (Å²) in [5.74, 6) is 0. The second-order valence-electron chi connectivity index (χ2n) is 5.21. The Labute approximate surface area is 118 Å². The Bertz CT molecular complexity index is 713. The van der Waals surface area contributed by atoms with Gasteiger partial charge in [-0.3, -0.25) is 13.9 Å². The first-order valence-corrected chi connectivity index (χ1v) is 6.93. The molecule has 0 amide bonds.